The van der Waals surface area contributed by atoms with E-state index in [-0.39, 0.29) is 11.8 Å². The van der Waals surface area contributed by atoms with E-state index in [2.05, 4.69) is 9.97 Å². The molecule has 2 fully saturated rings. The number of hydrogen-bond acceptors (Lipinski definition) is 5. The number of methoxy groups -OCH3 is 1. The zero-order valence-electron chi connectivity index (χ0n) is 16.2. The number of aromatic nitrogens is 2. The molecule has 0 spiro atoms. The third-order valence-electron chi connectivity index (χ3n) is 5.36. The zero-order chi connectivity index (χ0) is 19.7. The first-order valence-electron chi connectivity index (χ1n) is 9.63. The summed E-state index contributed by atoms with van der Waals surface area (Å²) >= 11 is 0. The van der Waals surface area contributed by atoms with E-state index in [1.807, 2.05) is 6.92 Å². The van der Waals surface area contributed by atoms with Crippen molar-refractivity contribution in [3.05, 3.63) is 53.1 Å². The largest absolute Gasteiger partial charge is 0.497 e. The summed E-state index contributed by atoms with van der Waals surface area (Å²) in [5.74, 6) is 1.95. The van der Waals surface area contributed by atoms with Crippen LogP contribution in [0.15, 0.2) is 30.5 Å². The molecule has 2 amide bonds. The molecule has 146 valence electrons. The van der Waals surface area contributed by atoms with Gasteiger partial charge in [0, 0.05) is 43.9 Å². The number of ether oxygens (including phenoxy) is 1. The van der Waals surface area contributed by atoms with E-state index in [1.165, 1.54) is 0 Å². The van der Waals surface area contributed by atoms with Crippen molar-refractivity contribution in [2.45, 2.75) is 25.7 Å². The Morgan fingerprint density at radius 1 is 1.00 bits per heavy atom. The van der Waals surface area contributed by atoms with Crippen LogP contribution in [0.25, 0.3) is 0 Å². The van der Waals surface area contributed by atoms with Gasteiger partial charge in [-0.05, 0) is 44.0 Å². The number of rotatable bonds is 4. The molecule has 4 rings (SSSR count). The highest BCUT2D eigenvalue weighted by atomic mass is 16.5. The van der Waals surface area contributed by atoms with Gasteiger partial charge in [0.25, 0.3) is 11.8 Å². The smallest absolute Gasteiger partial charge is 0.257 e. The van der Waals surface area contributed by atoms with Crippen molar-refractivity contribution in [3.8, 4) is 5.75 Å². The van der Waals surface area contributed by atoms with E-state index in [9.17, 15) is 9.59 Å². The van der Waals surface area contributed by atoms with Crippen molar-refractivity contribution >= 4 is 11.8 Å². The van der Waals surface area contributed by atoms with Gasteiger partial charge in [0.05, 0.1) is 18.4 Å². The van der Waals surface area contributed by atoms with E-state index in [4.69, 9.17) is 4.74 Å². The van der Waals surface area contributed by atoms with Gasteiger partial charge in [0.1, 0.15) is 11.6 Å². The first-order chi connectivity index (χ1) is 13.6. The van der Waals surface area contributed by atoms with Crippen molar-refractivity contribution in [2.24, 2.45) is 0 Å². The number of aryl methyl sites for hydroxylation is 1. The minimum Gasteiger partial charge on any atom is -0.497 e. The molecule has 1 saturated heterocycles. The molecule has 1 aromatic heterocycles. The summed E-state index contributed by atoms with van der Waals surface area (Å²) < 4.78 is 5.13. The van der Waals surface area contributed by atoms with Crippen LogP contribution < -0.4 is 4.74 Å². The van der Waals surface area contributed by atoms with Crippen LogP contribution >= 0.6 is 0 Å². The van der Waals surface area contributed by atoms with Crippen LogP contribution in [0.2, 0.25) is 0 Å². The van der Waals surface area contributed by atoms with E-state index < -0.39 is 0 Å². The molecule has 0 N–H and O–H groups in total. The molecule has 0 bridgehead atoms. The Morgan fingerprint density at radius 2 is 1.61 bits per heavy atom. The van der Waals surface area contributed by atoms with Gasteiger partial charge in [-0.2, -0.15) is 0 Å². The highest BCUT2D eigenvalue weighted by Crippen LogP contribution is 2.38. The van der Waals surface area contributed by atoms with Crippen LogP contribution in [-0.2, 0) is 0 Å². The van der Waals surface area contributed by atoms with Gasteiger partial charge < -0.3 is 14.5 Å². The third kappa shape index (κ3) is 3.69. The van der Waals surface area contributed by atoms with Crippen molar-refractivity contribution in [1.29, 1.82) is 0 Å². The Kier molecular flexibility index (Phi) is 4.98. The predicted molar refractivity (Wildman–Crippen MR) is 104 cm³/mol. The molecule has 7 nitrogen and oxygen atoms in total. The fraction of sp³-hybridized carbons (Fsp3) is 0.429. The van der Waals surface area contributed by atoms with Gasteiger partial charge in [-0.1, -0.05) is 0 Å². The molecule has 1 aliphatic carbocycles. The first-order valence-corrected chi connectivity index (χ1v) is 9.63. The SMILES string of the molecule is COc1ccc(C(=O)N2CCN(C(=O)c3cnc(C4CC4)nc3C)CC2)cc1. The number of carbonyl (C=O) groups excluding carboxylic acids is 2. The van der Waals surface area contributed by atoms with Crippen molar-refractivity contribution in [3.63, 3.8) is 0 Å². The maximum atomic E-state index is 12.9. The van der Waals surface area contributed by atoms with Gasteiger partial charge in [-0.3, -0.25) is 9.59 Å². The number of amides is 2. The second-order valence-electron chi connectivity index (χ2n) is 7.31. The predicted octanol–water partition coefficient (Wildman–Crippen LogP) is 2.27. The molecule has 0 atom stereocenters. The van der Waals surface area contributed by atoms with Crippen LogP contribution in [0.3, 0.4) is 0 Å². The molecule has 2 heterocycles. The topological polar surface area (TPSA) is 75.6 Å². The molecular formula is C21H24N4O3. The maximum Gasteiger partial charge on any atom is 0.257 e. The van der Waals surface area contributed by atoms with Crippen LogP contribution in [0.5, 0.6) is 5.75 Å². The standard InChI is InChI=1S/C21H24N4O3/c1-14-18(13-22-19(23-14)15-3-4-15)21(27)25-11-9-24(10-12-25)20(26)16-5-7-17(28-2)8-6-16/h5-8,13,15H,3-4,9-12H2,1-2H3. The van der Waals surface area contributed by atoms with Crippen molar-refractivity contribution in [2.75, 3.05) is 33.3 Å². The molecule has 1 saturated carbocycles. The average molecular weight is 380 g/mol. The Bertz CT molecular complexity index is 885. The molecule has 2 aliphatic rings. The summed E-state index contributed by atoms with van der Waals surface area (Å²) in [4.78, 5) is 38.0. The summed E-state index contributed by atoms with van der Waals surface area (Å²) in [6.45, 7) is 3.90. The normalized spacial score (nSPS) is 16.8. The minimum absolute atomic E-state index is 0.0250. The van der Waals surface area contributed by atoms with Gasteiger partial charge in [-0.15, -0.1) is 0 Å². The molecule has 1 aliphatic heterocycles. The lowest BCUT2D eigenvalue weighted by molar-refractivity contribution is 0.0534. The molecule has 2 aromatic rings. The first kappa shape index (κ1) is 18.4. The lowest BCUT2D eigenvalue weighted by Crippen LogP contribution is -2.50. The summed E-state index contributed by atoms with van der Waals surface area (Å²) in [6.07, 6.45) is 3.93. The molecule has 0 radical (unpaired) electrons. The second-order valence-corrected chi connectivity index (χ2v) is 7.31. The number of piperazine rings is 1. The highest BCUT2D eigenvalue weighted by Gasteiger charge is 2.29. The van der Waals surface area contributed by atoms with Gasteiger partial charge in [0.15, 0.2) is 0 Å². The Morgan fingerprint density at radius 3 is 2.14 bits per heavy atom. The molecule has 7 heteroatoms. The van der Waals surface area contributed by atoms with Gasteiger partial charge in [-0.25, -0.2) is 9.97 Å². The average Bonchev–Trinajstić information content (AvgIpc) is 3.58. The van der Waals surface area contributed by atoms with E-state index in [1.54, 1.807) is 47.4 Å². The molecular weight excluding hydrogens is 356 g/mol. The Labute approximate surface area is 164 Å². The fourth-order valence-electron chi connectivity index (χ4n) is 3.43. The lowest BCUT2D eigenvalue weighted by Gasteiger charge is -2.35. The van der Waals surface area contributed by atoms with Crippen LogP contribution in [0.4, 0.5) is 0 Å². The summed E-state index contributed by atoms with van der Waals surface area (Å²) in [5, 5.41) is 0. The number of carbonyl (C=O) groups is 2. The fourth-order valence-corrected chi connectivity index (χ4v) is 3.43. The molecule has 1 aromatic carbocycles. The summed E-state index contributed by atoms with van der Waals surface area (Å²) in [6, 6.07) is 7.09. The van der Waals surface area contributed by atoms with E-state index in [0.29, 0.717) is 43.2 Å². The monoisotopic (exact) mass is 380 g/mol. The van der Waals surface area contributed by atoms with Crippen molar-refractivity contribution in [1.82, 2.24) is 19.8 Å². The van der Waals surface area contributed by atoms with Gasteiger partial charge >= 0.3 is 0 Å². The number of nitrogens with zero attached hydrogens (tertiary/aromatic N) is 4. The number of benzene rings is 1. The molecule has 0 unspecified atom stereocenters. The van der Waals surface area contributed by atoms with Gasteiger partial charge in [0.2, 0.25) is 0 Å². The zero-order valence-corrected chi connectivity index (χ0v) is 16.2. The highest BCUT2D eigenvalue weighted by molar-refractivity contribution is 5.96. The Hall–Kier alpha value is -2.96. The Balaban J connectivity index is 1.38. The second kappa shape index (κ2) is 7.58. The van der Waals surface area contributed by atoms with E-state index in [0.717, 1.165) is 30.1 Å². The van der Waals surface area contributed by atoms with Crippen LogP contribution in [0.1, 0.15) is 51.0 Å². The summed E-state index contributed by atoms with van der Waals surface area (Å²) in [7, 11) is 1.60. The van der Waals surface area contributed by atoms with E-state index >= 15 is 0 Å². The van der Waals surface area contributed by atoms with Crippen molar-refractivity contribution < 1.29 is 14.3 Å². The number of hydrogen-bond donors (Lipinski definition) is 0. The third-order valence-corrected chi connectivity index (χ3v) is 5.36. The quantitative estimate of drug-likeness (QED) is 0.813. The summed E-state index contributed by atoms with van der Waals surface area (Å²) in [5.41, 5.74) is 1.92. The molecule has 28 heavy (non-hydrogen) atoms. The van der Waals surface area contributed by atoms with Crippen LogP contribution in [-0.4, -0.2) is 64.9 Å². The lowest BCUT2D eigenvalue weighted by atomic mass is 10.1. The van der Waals surface area contributed by atoms with Crippen LogP contribution in [0, 0.1) is 6.92 Å². The maximum absolute atomic E-state index is 12.9. The minimum atomic E-state index is -0.0589.